The molecule has 0 atom stereocenters. The van der Waals surface area contributed by atoms with Gasteiger partial charge in [0.05, 0.1) is 0 Å². The summed E-state index contributed by atoms with van der Waals surface area (Å²) in [6.07, 6.45) is 0.331. The molecule has 0 aliphatic carbocycles. The first kappa shape index (κ1) is 16.9. The first-order valence-electron chi connectivity index (χ1n) is 6.36. The van der Waals surface area contributed by atoms with Crippen molar-refractivity contribution in [3.63, 3.8) is 0 Å². The second-order valence-electron chi connectivity index (χ2n) is 5.99. The Morgan fingerprint density at radius 1 is 1.28 bits per heavy atom. The van der Waals surface area contributed by atoms with E-state index < -0.39 is 5.97 Å². The standard InChI is InChI=1S/C13H26N2O3/c1-10(2)8-15(9-12(17)18)11(16)6-7-14-13(3,4)5/h10,14H,6-9H2,1-5H3,(H,17,18). The molecule has 0 aromatic rings. The average Bonchev–Trinajstić information content (AvgIpc) is 2.12. The zero-order chi connectivity index (χ0) is 14.3. The molecular weight excluding hydrogens is 232 g/mol. The molecule has 5 heteroatoms. The third-order valence-electron chi connectivity index (χ3n) is 2.26. The van der Waals surface area contributed by atoms with Crippen LogP contribution in [-0.4, -0.2) is 47.1 Å². The Balaban J connectivity index is 4.25. The van der Waals surface area contributed by atoms with Gasteiger partial charge >= 0.3 is 5.97 Å². The molecule has 106 valence electrons. The predicted octanol–water partition coefficient (Wildman–Crippen LogP) is 1.33. The monoisotopic (exact) mass is 258 g/mol. The van der Waals surface area contributed by atoms with Crippen molar-refractivity contribution >= 4 is 11.9 Å². The summed E-state index contributed by atoms with van der Waals surface area (Å²) >= 11 is 0. The minimum absolute atomic E-state index is 0.0318. The van der Waals surface area contributed by atoms with Gasteiger partial charge in [0, 0.05) is 25.0 Å². The Morgan fingerprint density at radius 2 is 1.83 bits per heavy atom. The number of nitrogens with zero attached hydrogens (tertiary/aromatic N) is 1. The van der Waals surface area contributed by atoms with Crippen molar-refractivity contribution in [3.05, 3.63) is 0 Å². The van der Waals surface area contributed by atoms with Crippen molar-refractivity contribution < 1.29 is 14.7 Å². The highest BCUT2D eigenvalue weighted by Crippen LogP contribution is 2.03. The molecule has 0 aromatic carbocycles. The van der Waals surface area contributed by atoms with E-state index in [9.17, 15) is 9.59 Å². The van der Waals surface area contributed by atoms with Gasteiger partial charge in [-0.3, -0.25) is 9.59 Å². The van der Waals surface area contributed by atoms with Crippen LogP contribution in [0.3, 0.4) is 0 Å². The quantitative estimate of drug-likeness (QED) is 0.723. The molecule has 0 aromatic heterocycles. The highest BCUT2D eigenvalue weighted by Gasteiger charge is 2.18. The third-order valence-corrected chi connectivity index (χ3v) is 2.26. The molecule has 0 saturated heterocycles. The average molecular weight is 258 g/mol. The molecule has 1 amide bonds. The van der Waals surface area contributed by atoms with Crippen LogP contribution in [-0.2, 0) is 9.59 Å². The van der Waals surface area contributed by atoms with Crippen LogP contribution in [0.1, 0.15) is 41.0 Å². The number of hydrogen-bond donors (Lipinski definition) is 2. The highest BCUT2D eigenvalue weighted by atomic mass is 16.4. The molecule has 0 unspecified atom stereocenters. The molecule has 0 bridgehead atoms. The number of aliphatic carboxylic acids is 1. The lowest BCUT2D eigenvalue weighted by molar-refractivity contribution is -0.144. The number of carboxylic acid groups (broad SMARTS) is 1. The van der Waals surface area contributed by atoms with Gasteiger partial charge in [-0.05, 0) is 26.7 Å². The molecule has 18 heavy (non-hydrogen) atoms. The highest BCUT2D eigenvalue weighted by molar-refractivity contribution is 5.81. The lowest BCUT2D eigenvalue weighted by Gasteiger charge is -2.24. The van der Waals surface area contributed by atoms with Crippen molar-refractivity contribution in [2.45, 2.75) is 46.6 Å². The molecule has 0 spiro atoms. The van der Waals surface area contributed by atoms with Crippen LogP contribution < -0.4 is 5.32 Å². The fourth-order valence-electron chi connectivity index (χ4n) is 1.56. The smallest absolute Gasteiger partial charge is 0.323 e. The second-order valence-corrected chi connectivity index (χ2v) is 5.99. The van der Waals surface area contributed by atoms with Crippen LogP contribution in [0.15, 0.2) is 0 Å². The van der Waals surface area contributed by atoms with E-state index in [2.05, 4.69) is 5.32 Å². The molecule has 0 aliphatic heterocycles. The van der Waals surface area contributed by atoms with Gasteiger partial charge in [0.15, 0.2) is 0 Å². The second kappa shape index (κ2) is 7.36. The molecule has 0 heterocycles. The SMILES string of the molecule is CC(C)CN(CC(=O)O)C(=O)CCNC(C)(C)C. The molecule has 0 fully saturated rings. The fourth-order valence-corrected chi connectivity index (χ4v) is 1.56. The summed E-state index contributed by atoms with van der Waals surface area (Å²) in [4.78, 5) is 24.1. The van der Waals surface area contributed by atoms with Gasteiger partial charge < -0.3 is 15.3 Å². The van der Waals surface area contributed by atoms with Gasteiger partial charge in [-0.2, -0.15) is 0 Å². The number of carboxylic acids is 1. The number of carbonyl (C=O) groups is 2. The van der Waals surface area contributed by atoms with Crippen molar-refractivity contribution in [2.75, 3.05) is 19.6 Å². The molecule has 0 saturated carbocycles. The Hall–Kier alpha value is -1.10. The summed E-state index contributed by atoms with van der Waals surface area (Å²) in [5.74, 6) is -0.806. The lowest BCUT2D eigenvalue weighted by atomic mass is 10.1. The van der Waals surface area contributed by atoms with Crippen molar-refractivity contribution in [1.29, 1.82) is 0 Å². The van der Waals surface area contributed by atoms with E-state index in [0.717, 1.165) is 0 Å². The van der Waals surface area contributed by atoms with Crippen molar-refractivity contribution in [1.82, 2.24) is 10.2 Å². The molecule has 0 radical (unpaired) electrons. The maximum atomic E-state index is 11.9. The van der Waals surface area contributed by atoms with Crippen molar-refractivity contribution in [3.8, 4) is 0 Å². The Bertz CT molecular complexity index is 282. The maximum absolute atomic E-state index is 11.9. The summed E-state index contributed by atoms with van der Waals surface area (Å²) in [5.41, 5.74) is -0.0318. The Kier molecular flexibility index (Phi) is 6.91. The zero-order valence-corrected chi connectivity index (χ0v) is 12.1. The lowest BCUT2D eigenvalue weighted by Crippen LogP contribution is -2.42. The largest absolute Gasteiger partial charge is 0.480 e. The number of nitrogens with one attached hydrogen (secondary N) is 1. The van der Waals surface area contributed by atoms with E-state index >= 15 is 0 Å². The number of amides is 1. The van der Waals surface area contributed by atoms with Gasteiger partial charge in [-0.25, -0.2) is 0 Å². The van der Waals surface area contributed by atoms with Gasteiger partial charge in [0.1, 0.15) is 6.54 Å². The zero-order valence-electron chi connectivity index (χ0n) is 12.1. The van der Waals surface area contributed by atoms with E-state index in [0.29, 0.717) is 19.5 Å². The maximum Gasteiger partial charge on any atom is 0.323 e. The topological polar surface area (TPSA) is 69.6 Å². The van der Waals surface area contributed by atoms with Crippen LogP contribution in [0, 0.1) is 5.92 Å². The van der Waals surface area contributed by atoms with Crippen LogP contribution in [0.2, 0.25) is 0 Å². The van der Waals surface area contributed by atoms with Crippen LogP contribution in [0.25, 0.3) is 0 Å². The Morgan fingerprint density at radius 3 is 2.22 bits per heavy atom. The summed E-state index contributed by atoms with van der Waals surface area (Å²) in [6.45, 7) is 10.9. The van der Waals surface area contributed by atoms with Crippen LogP contribution in [0.4, 0.5) is 0 Å². The molecular formula is C13H26N2O3. The summed E-state index contributed by atoms with van der Waals surface area (Å²) in [6, 6.07) is 0. The fraction of sp³-hybridized carbons (Fsp3) is 0.846. The molecule has 5 nitrogen and oxygen atoms in total. The van der Waals surface area contributed by atoms with Crippen molar-refractivity contribution in [2.24, 2.45) is 5.92 Å². The van der Waals surface area contributed by atoms with E-state index in [-0.39, 0.29) is 23.9 Å². The number of hydrogen-bond acceptors (Lipinski definition) is 3. The molecule has 2 N–H and O–H groups in total. The molecule has 0 aliphatic rings. The summed E-state index contributed by atoms with van der Waals surface area (Å²) < 4.78 is 0. The first-order chi connectivity index (χ1) is 8.11. The van der Waals surface area contributed by atoms with Gasteiger partial charge in [0.25, 0.3) is 0 Å². The number of rotatable bonds is 7. The van der Waals surface area contributed by atoms with Crippen LogP contribution >= 0.6 is 0 Å². The summed E-state index contributed by atoms with van der Waals surface area (Å²) in [7, 11) is 0. The Labute approximate surface area is 110 Å². The van der Waals surface area contributed by atoms with E-state index in [4.69, 9.17) is 5.11 Å². The summed E-state index contributed by atoms with van der Waals surface area (Å²) in [5, 5.41) is 12.0. The predicted molar refractivity (Wildman–Crippen MR) is 71.4 cm³/mol. The van der Waals surface area contributed by atoms with Gasteiger partial charge in [0.2, 0.25) is 5.91 Å². The van der Waals surface area contributed by atoms with Crippen LogP contribution in [0.5, 0.6) is 0 Å². The van der Waals surface area contributed by atoms with Gasteiger partial charge in [-0.15, -0.1) is 0 Å². The van der Waals surface area contributed by atoms with E-state index in [1.54, 1.807) is 0 Å². The van der Waals surface area contributed by atoms with E-state index in [1.165, 1.54) is 4.90 Å². The minimum atomic E-state index is -0.965. The van der Waals surface area contributed by atoms with E-state index in [1.807, 2.05) is 34.6 Å². The third kappa shape index (κ3) is 8.98. The number of carbonyl (C=O) groups excluding carboxylic acids is 1. The molecule has 0 rings (SSSR count). The first-order valence-corrected chi connectivity index (χ1v) is 6.36. The van der Waals surface area contributed by atoms with Gasteiger partial charge in [-0.1, -0.05) is 13.8 Å². The minimum Gasteiger partial charge on any atom is -0.480 e. The normalized spacial score (nSPS) is 11.7.